The second kappa shape index (κ2) is 10.1. The molecule has 1 atom stereocenters. The normalized spacial score (nSPS) is 16.6. The highest BCUT2D eigenvalue weighted by Crippen LogP contribution is 2.20. The average molecular weight is 404 g/mol. The zero-order valence-corrected chi connectivity index (χ0v) is 18.8. The first-order valence-electron chi connectivity index (χ1n) is 10.6. The van der Waals surface area contributed by atoms with Crippen LogP contribution in [0.15, 0.2) is 24.3 Å². The summed E-state index contributed by atoms with van der Waals surface area (Å²) in [6, 6.07) is 6.40. The Bertz CT molecular complexity index is 672. The SMILES string of the molecule is COc1ccc(C(=O)NC(C(=O)N2CCN(CCC(C)(C)C)CC2)C(C)C)cc1. The molecular formula is C23H37N3O3. The first kappa shape index (κ1) is 23.2. The van der Waals surface area contributed by atoms with Crippen molar-refractivity contribution in [3.63, 3.8) is 0 Å². The summed E-state index contributed by atoms with van der Waals surface area (Å²) in [6.07, 6.45) is 1.15. The Balaban J connectivity index is 1.93. The van der Waals surface area contributed by atoms with Crippen LogP contribution in [-0.4, -0.2) is 67.5 Å². The third-order valence-electron chi connectivity index (χ3n) is 5.43. The van der Waals surface area contributed by atoms with Crippen LogP contribution in [0.1, 0.15) is 51.4 Å². The van der Waals surface area contributed by atoms with Gasteiger partial charge in [-0.25, -0.2) is 0 Å². The van der Waals surface area contributed by atoms with Crippen LogP contribution in [0.3, 0.4) is 0 Å². The lowest BCUT2D eigenvalue weighted by atomic mass is 9.92. The molecule has 1 unspecified atom stereocenters. The van der Waals surface area contributed by atoms with E-state index in [1.807, 2.05) is 18.7 Å². The minimum absolute atomic E-state index is 0.0114. The van der Waals surface area contributed by atoms with Crippen LogP contribution in [0.5, 0.6) is 5.75 Å². The molecule has 1 saturated heterocycles. The van der Waals surface area contributed by atoms with Gasteiger partial charge in [0, 0.05) is 31.7 Å². The minimum atomic E-state index is -0.522. The van der Waals surface area contributed by atoms with Crippen molar-refractivity contribution in [1.29, 1.82) is 0 Å². The lowest BCUT2D eigenvalue weighted by molar-refractivity contribution is -0.136. The van der Waals surface area contributed by atoms with Gasteiger partial charge in [-0.15, -0.1) is 0 Å². The lowest BCUT2D eigenvalue weighted by Crippen LogP contribution is -2.56. The van der Waals surface area contributed by atoms with Gasteiger partial charge in [-0.1, -0.05) is 34.6 Å². The molecule has 1 aliphatic heterocycles. The van der Waals surface area contributed by atoms with E-state index in [0.29, 0.717) is 29.8 Å². The van der Waals surface area contributed by atoms with Crippen LogP contribution in [0, 0.1) is 11.3 Å². The van der Waals surface area contributed by atoms with Gasteiger partial charge < -0.3 is 15.0 Å². The predicted molar refractivity (Wildman–Crippen MR) is 116 cm³/mol. The Labute approximate surface area is 175 Å². The highest BCUT2D eigenvalue weighted by molar-refractivity contribution is 5.97. The number of nitrogens with one attached hydrogen (secondary N) is 1. The van der Waals surface area contributed by atoms with Gasteiger partial charge in [-0.2, -0.15) is 0 Å². The molecule has 0 aromatic heterocycles. The number of hydrogen-bond acceptors (Lipinski definition) is 4. The number of amides is 2. The summed E-state index contributed by atoms with van der Waals surface area (Å²) < 4.78 is 5.13. The Kier molecular flexibility index (Phi) is 8.08. The minimum Gasteiger partial charge on any atom is -0.497 e. The number of methoxy groups -OCH3 is 1. The van der Waals surface area contributed by atoms with Crippen molar-refractivity contribution in [2.75, 3.05) is 39.8 Å². The summed E-state index contributed by atoms with van der Waals surface area (Å²) in [5.41, 5.74) is 0.845. The molecule has 29 heavy (non-hydrogen) atoms. The summed E-state index contributed by atoms with van der Waals surface area (Å²) in [7, 11) is 1.59. The molecule has 0 saturated carbocycles. The van der Waals surface area contributed by atoms with Crippen LogP contribution in [-0.2, 0) is 4.79 Å². The predicted octanol–water partition coefficient (Wildman–Crippen LogP) is 3.03. The Morgan fingerprint density at radius 2 is 1.66 bits per heavy atom. The Hall–Kier alpha value is -2.08. The van der Waals surface area contributed by atoms with Crippen molar-refractivity contribution in [3.8, 4) is 5.75 Å². The third-order valence-corrected chi connectivity index (χ3v) is 5.43. The fourth-order valence-corrected chi connectivity index (χ4v) is 3.36. The molecule has 1 heterocycles. The van der Waals surface area contributed by atoms with E-state index in [9.17, 15) is 9.59 Å². The number of carbonyl (C=O) groups excluding carboxylic acids is 2. The number of rotatable bonds is 7. The molecule has 1 aromatic rings. The molecule has 1 N–H and O–H groups in total. The van der Waals surface area contributed by atoms with Gasteiger partial charge in [0.2, 0.25) is 5.91 Å². The second-order valence-corrected chi connectivity index (χ2v) is 9.40. The highest BCUT2D eigenvalue weighted by atomic mass is 16.5. The molecule has 162 valence electrons. The number of piperazine rings is 1. The highest BCUT2D eigenvalue weighted by Gasteiger charge is 2.31. The van der Waals surface area contributed by atoms with Crippen molar-refractivity contribution < 1.29 is 14.3 Å². The third kappa shape index (κ3) is 7.03. The van der Waals surface area contributed by atoms with Crippen LogP contribution in [0.25, 0.3) is 0 Å². The fourth-order valence-electron chi connectivity index (χ4n) is 3.36. The van der Waals surface area contributed by atoms with Crippen LogP contribution >= 0.6 is 0 Å². The van der Waals surface area contributed by atoms with E-state index in [1.54, 1.807) is 31.4 Å². The average Bonchev–Trinajstić information content (AvgIpc) is 2.69. The summed E-state index contributed by atoms with van der Waals surface area (Å²) in [4.78, 5) is 30.1. The van der Waals surface area contributed by atoms with Gasteiger partial charge in [-0.05, 0) is 48.6 Å². The Morgan fingerprint density at radius 3 is 2.14 bits per heavy atom. The van der Waals surface area contributed by atoms with E-state index < -0.39 is 6.04 Å². The standard InChI is InChI=1S/C23H37N3O3/c1-17(2)20(24-21(27)18-7-9-19(29-6)10-8-18)22(28)26-15-13-25(14-16-26)12-11-23(3,4)5/h7-10,17,20H,11-16H2,1-6H3,(H,24,27). The molecule has 6 heteroatoms. The maximum atomic E-state index is 13.1. The summed E-state index contributed by atoms with van der Waals surface area (Å²) in [5.74, 6) is 0.492. The molecule has 1 aliphatic rings. The summed E-state index contributed by atoms with van der Waals surface area (Å²) in [6.45, 7) is 15.0. The molecular weight excluding hydrogens is 366 g/mol. The van der Waals surface area contributed by atoms with Gasteiger partial charge in [0.1, 0.15) is 11.8 Å². The molecule has 1 fully saturated rings. The van der Waals surface area contributed by atoms with Crippen LogP contribution in [0.4, 0.5) is 0 Å². The van der Waals surface area contributed by atoms with Gasteiger partial charge >= 0.3 is 0 Å². The van der Waals surface area contributed by atoms with Crippen molar-refractivity contribution in [1.82, 2.24) is 15.1 Å². The molecule has 2 rings (SSSR count). The number of hydrogen-bond donors (Lipinski definition) is 1. The zero-order chi connectivity index (χ0) is 21.6. The van der Waals surface area contributed by atoms with Gasteiger partial charge in [0.05, 0.1) is 7.11 Å². The van der Waals surface area contributed by atoms with E-state index in [0.717, 1.165) is 26.1 Å². The van der Waals surface area contributed by atoms with E-state index in [4.69, 9.17) is 4.74 Å². The van der Waals surface area contributed by atoms with Crippen molar-refractivity contribution in [2.45, 2.75) is 47.1 Å². The molecule has 0 radical (unpaired) electrons. The van der Waals surface area contributed by atoms with E-state index >= 15 is 0 Å². The molecule has 0 spiro atoms. The second-order valence-electron chi connectivity index (χ2n) is 9.40. The number of ether oxygens (including phenoxy) is 1. The maximum Gasteiger partial charge on any atom is 0.251 e. The molecule has 0 aliphatic carbocycles. The number of nitrogens with zero attached hydrogens (tertiary/aromatic N) is 2. The van der Waals surface area contributed by atoms with Crippen LogP contribution in [0.2, 0.25) is 0 Å². The molecule has 6 nitrogen and oxygen atoms in total. The molecule has 0 bridgehead atoms. The first-order valence-corrected chi connectivity index (χ1v) is 10.6. The maximum absolute atomic E-state index is 13.1. The fraction of sp³-hybridized carbons (Fsp3) is 0.652. The quantitative estimate of drug-likeness (QED) is 0.760. The van der Waals surface area contributed by atoms with Crippen LogP contribution < -0.4 is 10.1 Å². The summed E-state index contributed by atoms with van der Waals surface area (Å²) >= 11 is 0. The van der Waals surface area contributed by atoms with Gasteiger partial charge in [0.15, 0.2) is 0 Å². The van der Waals surface area contributed by atoms with E-state index in [-0.39, 0.29) is 17.7 Å². The van der Waals surface area contributed by atoms with Crippen molar-refractivity contribution in [2.24, 2.45) is 11.3 Å². The largest absolute Gasteiger partial charge is 0.497 e. The smallest absolute Gasteiger partial charge is 0.251 e. The summed E-state index contributed by atoms with van der Waals surface area (Å²) in [5, 5.41) is 2.94. The molecule has 1 aromatic carbocycles. The lowest BCUT2D eigenvalue weighted by Gasteiger charge is -2.38. The molecule has 2 amide bonds. The monoisotopic (exact) mass is 403 g/mol. The van der Waals surface area contributed by atoms with Crippen molar-refractivity contribution in [3.05, 3.63) is 29.8 Å². The van der Waals surface area contributed by atoms with Gasteiger partial charge in [0.25, 0.3) is 5.91 Å². The zero-order valence-electron chi connectivity index (χ0n) is 18.8. The van der Waals surface area contributed by atoms with Gasteiger partial charge in [-0.3, -0.25) is 14.5 Å². The van der Waals surface area contributed by atoms with E-state index in [1.165, 1.54) is 0 Å². The van der Waals surface area contributed by atoms with E-state index in [2.05, 4.69) is 31.0 Å². The topological polar surface area (TPSA) is 61.9 Å². The van der Waals surface area contributed by atoms with Crippen molar-refractivity contribution >= 4 is 11.8 Å². The Morgan fingerprint density at radius 1 is 1.07 bits per heavy atom. The number of benzene rings is 1. The first-order chi connectivity index (χ1) is 13.6. The number of carbonyl (C=O) groups is 2.